The number of carbonyl (C=O) groups is 1. The zero-order chi connectivity index (χ0) is 10.1. The summed E-state index contributed by atoms with van der Waals surface area (Å²) in [4.78, 5) is 11.3. The van der Waals surface area contributed by atoms with Gasteiger partial charge in [0.2, 0.25) is 0 Å². The van der Waals surface area contributed by atoms with Crippen LogP contribution in [0.15, 0.2) is 0 Å². The standard InChI is InChI=1S/C9H18N2O2/c1-9(2,3)11-8(13)10-6-4-5-7(6)12/h6-7,12H,4-5H2,1-3H3,(H2,10,11,13)/t6-,7-/m1/s1. The fraction of sp³-hybridized carbons (Fsp3) is 0.889. The van der Waals surface area contributed by atoms with Crippen LogP contribution in [0.1, 0.15) is 33.6 Å². The van der Waals surface area contributed by atoms with Crippen molar-refractivity contribution < 1.29 is 9.90 Å². The maximum absolute atomic E-state index is 11.3. The molecule has 2 atom stereocenters. The lowest BCUT2D eigenvalue weighted by molar-refractivity contribution is 0.0543. The highest BCUT2D eigenvalue weighted by Gasteiger charge is 2.30. The van der Waals surface area contributed by atoms with Gasteiger partial charge < -0.3 is 15.7 Å². The van der Waals surface area contributed by atoms with Crippen molar-refractivity contribution in [2.45, 2.75) is 51.3 Å². The number of carbonyl (C=O) groups excluding carboxylic acids is 1. The SMILES string of the molecule is CC(C)(C)NC(=O)N[C@@H]1CC[C@H]1O. The third-order valence-corrected chi connectivity index (χ3v) is 2.04. The molecule has 3 N–H and O–H groups in total. The van der Waals surface area contributed by atoms with Crippen molar-refractivity contribution in [2.24, 2.45) is 0 Å². The molecule has 1 aliphatic carbocycles. The Kier molecular flexibility index (Phi) is 2.81. The molecule has 76 valence electrons. The van der Waals surface area contributed by atoms with Crippen LogP contribution in [0.2, 0.25) is 0 Å². The Balaban J connectivity index is 2.25. The minimum atomic E-state index is -0.356. The van der Waals surface area contributed by atoms with Crippen molar-refractivity contribution in [1.29, 1.82) is 0 Å². The van der Waals surface area contributed by atoms with Gasteiger partial charge in [-0.05, 0) is 33.6 Å². The molecule has 0 spiro atoms. The van der Waals surface area contributed by atoms with E-state index in [9.17, 15) is 9.90 Å². The van der Waals surface area contributed by atoms with Gasteiger partial charge in [-0.3, -0.25) is 0 Å². The Morgan fingerprint density at radius 1 is 1.38 bits per heavy atom. The molecule has 0 aromatic carbocycles. The molecule has 1 fully saturated rings. The third kappa shape index (κ3) is 3.22. The normalized spacial score (nSPS) is 27.7. The molecule has 0 heterocycles. The molecular weight excluding hydrogens is 168 g/mol. The molecule has 0 aromatic rings. The van der Waals surface area contributed by atoms with Crippen molar-refractivity contribution in [3.05, 3.63) is 0 Å². The molecule has 2 amide bonds. The highest BCUT2D eigenvalue weighted by molar-refractivity contribution is 5.75. The number of hydrogen-bond acceptors (Lipinski definition) is 2. The van der Waals surface area contributed by atoms with Crippen LogP contribution in [0.25, 0.3) is 0 Å². The van der Waals surface area contributed by atoms with Gasteiger partial charge in [0, 0.05) is 5.54 Å². The van der Waals surface area contributed by atoms with Gasteiger partial charge in [0.15, 0.2) is 0 Å². The molecule has 1 aliphatic rings. The lowest BCUT2D eigenvalue weighted by atomic mass is 9.89. The van der Waals surface area contributed by atoms with E-state index in [-0.39, 0.29) is 23.7 Å². The summed E-state index contributed by atoms with van der Waals surface area (Å²) < 4.78 is 0. The van der Waals surface area contributed by atoms with Gasteiger partial charge in [0.05, 0.1) is 12.1 Å². The lowest BCUT2D eigenvalue weighted by Crippen LogP contribution is -2.56. The Hall–Kier alpha value is -0.770. The van der Waals surface area contributed by atoms with Gasteiger partial charge in [-0.1, -0.05) is 0 Å². The number of aliphatic hydroxyl groups excluding tert-OH is 1. The van der Waals surface area contributed by atoms with Crippen LogP contribution in [0.3, 0.4) is 0 Å². The Morgan fingerprint density at radius 3 is 2.31 bits per heavy atom. The van der Waals surface area contributed by atoms with Crippen molar-refractivity contribution >= 4 is 6.03 Å². The van der Waals surface area contributed by atoms with Gasteiger partial charge in [0.25, 0.3) is 0 Å². The summed E-state index contributed by atoms with van der Waals surface area (Å²) in [6.45, 7) is 5.76. The van der Waals surface area contributed by atoms with E-state index in [0.717, 1.165) is 12.8 Å². The highest BCUT2D eigenvalue weighted by Crippen LogP contribution is 2.19. The van der Waals surface area contributed by atoms with E-state index < -0.39 is 0 Å². The Labute approximate surface area is 78.7 Å². The summed E-state index contributed by atoms with van der Waals surface area (Å²) in [5, 5.41) is 14.7. The van der Waals surface area contributed by atoms with Gasteiger partial charge in [-0.25, -0.2) is 4.79 Å². The average molecular weight is 186 g/mol. The summed E-state index contributed by atoms with van der Waals surface area (Å²) in [7, 11) is 0. The number of nitrogens with one attached hydrogen (secondary N) is 2. The number of rotatable bonds is 1. The molecule has 1 saturated carbocycles. The van der Waals surface area contributed by atoms with E-state index in [1.807, 2.05) is 20.8 Å². The summed E-state index contributed by atoms with van der Waals surface area (Å²) in [6, 6.07) is -0.251. The first-order chi connectivity index (χ1) is 5.88. The van der Waals surface area contributed by atoms with Crippen molar-refractivity contribution in [1.82, 2.24) is 10.6 Å². The fourth-order valence-corrected chi connectivity index (χ4v) is 1.20. The van der Waals surface area contributed by atoms with E-state index in [1.165, 1.54) is 0 Å². The molecule has 13 heavy (non-hydrogen) atoms. The van der Waals surface area contributed by atoms with Crippen LogP contribution in [-0.4, -0.2) is 28.8 Å². The minimum absolute atomic E-state index is 0.0534. The number of hydrogen-bond donors (Lipinski definition) is 3. The molecular formula is C9H18N2O2. The smallest absolute Gasteiger partial charge is 0.315 e. The first-order valence-corrected chi connectivity index (χ1v) is 4.65. The minimum Gasteiger partial charge on any atom is -0.391 e. The number of aliphatic hydroxyl groups is 1. The van der Waals surface area contributed by atoms with Crippen LogP contribution < -0.4 is 10.6 Å². The van der Waals surface area contributed by atoms with Crippen LogP contribution in [0, 0.1) is 0 Å². The second-order valence-electron chi connectivity index (χ2n) is 4.60. The fourth-order valence-electron chi connectivity index (χ4n) is 1.20. The number of urea groups is 1. The molecule has 1 rings (SSSR count). The summed E-state index contributed by atoms with van der Waals surface area (Å²) in [5.41, 5.74) is -0.223. The topological polar surface area (TPSA) is 61.4 Å². The average Bonchev–Trinajstić information content (AvgIpc) is 1.94. The Bertz CT molecular complexity index is 198. The predicted molar refractivity (Wildman–Crippen MR) is 50.4 cm³/mol. The summed E-state index contributed by atoms with van der Waals surface area (Å²) in [5.74, 6) is 0. The van der Waals surface area contributed by atoms with E-state index in [1.54, 1.807) is 0 Å². The van der Waals surface area contributed by atoms with E-state index >= 15 is 0 Å². The lowest BCUT2D eigenvalue weighted by Gasteiger charge is -2.34. The molecule has 0 radical (unpaired) electrons. The zero-order valence-electron chi connectivity index (χ0n) is 8.42. The van der Waals surface area contributed by atoms with Crippen LogP contribution in [-0.2, 0) is 0 Å². The summed E-state index contributed by atoms with van der Waals surface area (Å²) in [6.07, 6.45) is 1.31. The largest absolute Gasteiger partial charge is 0.391 e. The molecule has 0 aromatic heterocycles. The summed E-state index contributed by atoms with van der Waals surface area (Å²) >= 11 is 0. The van der Waals surface area contributed by atoms with Crippen LogP contribution in [0.5, 0.6) is 0 Å². The van der Waals surface area contributed by atoms with Gasteiger partial charge in [-0.15, -0.1) is 0 Å². The molecule has 4 nitrogen and oxygen atoms in total. The molecule has 0 bridgehead atoms. The van der Waals surface area contributed by atoms with Crippen molar-refractivity contribution in [3.8, 4) is 0 Å². The first kappa shape index (κ1) is 10.3. The van der Waals surface area contributed by atoms with E-state index in [0.29, 0.717) is 0 Å². The highest BCUT2D eigenvalue weighted by atomic mass is 16.3. The molecule has 0 unspecified atom stereocenters. The predicted octanol–water partition coefficient (Wildman–Crippen LogP) is 0.607. The van der Waals surface area contributed by atoms with E-state index in [4.69, 9.17) is 0 Å². The van der Waals surface area contributed by atoms with Crippen molar-refractivity contribution in [3.63, 3.8) is 0 Å². The molecule has 4 heteroatoms. The van der Waals surface area contributed by atoms with Gasteiger partial charge in [0.1, 0.15) is 0 Å². The maximum Gasteiger partial charge on any atom is 0.315 e. The molecule has 0 aliphatic heterocycles. The number of amides is 2. The Morgan fingerprint density at radius 2 is 2.00 bits per heavy atom. The van der Waals surface area contributed by atoms with Gasteiger partial charge >= 0.3 is 6.03 Å². The second kappa shape index (κ2) is 3.54. The first-order valence-electron chi connectivity index (χ1n) is 4.65. The van der Waals surface area contributed by atoms with E-state index in [2.05, 4.69) is 10.6 Å². The second-order valence-corrected chi connectivity index (χ2v) is 4.60. The quantitative estimate of drug-likeness (QED) is 0.562. The van der Waals surface area contributed by atoms with Crippen molar-refractivity contribution in [2.75, 3.05) is 0 Å². The van der Waals surface area contributed by atoms with Gasteiger partial charge in [-0.2, -0.15) is 0 Å². The van der Waals surface area contributed by atoms with Crippen LogP contribution >= 0.6 is 0 Å². The zero-order valence-corrected chi connectivity index (χ0v) is 8.42. The van der Waals surface area contributed by atoms with Crippen LogP contribution in [0.4, 0.5) is 4.79 Å². The maximum atomic E-state index is 11.3. The monoisotopic (exact) mass is 186 g/mol. The third-order valence-electron chi connectivity index (χ3n) is 2.04. The molecule has 0 saturated heterocycles.